The highest BCUT2D eigenvalue weighted by Crippen LogP contribution is 2.42. The van der Waals surface area contributed by atoms with Gasteiger partial charge in [-0.25, -0.2) is 0 Å². The lowest BCUT2D eigenvalue weighted by Gasteiger charge is -2.32. The van der Waals surface area contributed by atoms with Crippen LogP contribution in [0.1, 0.15) is 63.5 Å². The highest BCUT2D eigenvalue weighted by Gasteiger charge is 2.34. The highest BCUT2D eigenvalue weighted by atomic mass is 15.0. The van der Waals surface area contributed by atoms with Crippen LogP contribution in [0.15, 0.2) is 30.3 Å². The van der Waals surface area contributed by atoms with Crippen LogP contribution >= 0.6 is 0 Å². The second kappa shape index (κ2) is 6.09. The second-order valence-corrected chi connectivity index (χ2v) is 6.58. The van der Waals surface area contributed by atoms with Crippen LogP contribution in [0.25, 0.3) is 0 Å². The molecule has 1 aromatic carbocycles. The Kier molecular flexibility index (Phi) is 4.22. The Hall–Kier alpha value is -0.820. The molecule has 0 radical (unpaired) electrons. The van der Waals surface area contributed by atoms with Crippen molar-refractivity contribution in [2.45, 2.75) is 64.0 Å². The topological polar surface area (TPSA) is 12.0 Å². The lowest BCUT2D eigenvalue weighted by atomic mass is 9.84. The van der Waals surface area contributed by atoms with Crippen LogP contribution in [0, 0.1) is 11.8 Å². The van der Waals surface area contributed by atoms with Crippen molar-refractivity contribution in [1.82, 2.24) is 5.32 Å². The summed E-state index contributed by atoms with van der Waals surface area (Å²) in [6.07, 6.45) is 10.0. The molecule has 0 aliphatic heterocycles. The summed E-state index contributed by atoms with van der Waals surface area (Å²) in [5.74, 6) is 1.78. The minimum absolute atomic E-state index is 0.595. The van der Waals surface area contributed by atoms with E-state index in [2.05, 4.69) is 42.6 Å². The maximum atomic E-state index is 3.96. The summed E-state index contributed by atoms with van der Waals surface area (Å²) in [6, 6.07) is 12.3. The largest absolute Gasteiger partial charge is 0.307 e. The summed E-state index contributed by atoms with van der Waals surface area (Å²) >= 11 is 0. The molecule has 2 aliphatic rings. The third-order valence-corrected chi connectivity index (χ3v) is 5.05. The van der Waals surface area contributed by atoms with E-state index >= 15 is 0 Å². The number of rotatable bonds is 5. The summed E-state index contributed by atoms with van der Waals surface area (Å²) in [6.45, 7) is 2.41. The summed E-state index contributed by atoms with van der Waals surface area (Å²) in [5.41, 5.74) is 1.49. The zero-order chi connectivity index (χ0) is 13.1. The van der Waals surface area contributed by atoms with Gasteiger partial charge >= 0.3 is 0 Å². The van der Waals surface area contributed by atoms with Crippen molar-refractivity contribution >= 4 is 0 Å². The summed E-state index contributed by atoms with van der Waals surface area (Å²) < 4.78 is 0. The van der Waals surface area contributed by atoms with Crippen molar-refractivity contribution < 1.29 is 0 Å². The lowest BCUT2D eigenvalue weighted by molar-refractivity contribution is 0.257. The maximum Gasteiger partial charge on any atom is 0.0351 e. The molecule has 2 atom stereocenters. The Morgan fingerprint density at radius 2 is 1.58 bits per heavy atom. The number of nitrogens with one attached hydrogen (secondary N) is 1. The molecular formula is C18H27N. The first-order chi connectivity index (χ1) is 9.34. The third-order valence-electron chi connectivity index (χ3n) is 5.05. The van der Waals surface area contributed by atoms with E-state index in [1.54, 1.807) is 0 Å². The van der Waals surface area contributed by atoms with Crippen LogP contribution in [-0.2, 0) is 0 Å². The van der Waals surface area contributed by atoms with Crippen molar-refractivity contribution in [2.24, 2.45) is 11.8 Å². The zero-order valence-corrected chi connectivity index (χ0v) is 12.1. The van der Waals surface area contributed by atoms with E-state index in [4.69, 9.17) is 0 Å². The molecule has 0 aromatic heterocycles. The van der Waals surface area contributed by atoms with Gasteiger partial charge in [0, 0.05) is 12.1 Å². The fourth-order valence-corrected chi connectivity index (χ4v) is 3.65. The molecule has 2 fully saturated rings. The summed E-state index contributed by atoms with van der Waals surface area (Å²) in [7, 11) is 0. The lowest BCUT2D eigenvalue weighted by Crippen LogP contribution is -2.38. The zero-order valence-electron chi connectivity index (χ0n) is 12.1. The van der Waals surface area contributed by atoms with Crippen molar-refractivity contribution in [3.8, 4) is 0 Å². The van der Waals surface area contributed by atoms with Crippen LogP contribution in [0.4, 0.5) is 0 Å². The fourth-order valence-electron chi connectivity index (χ4n) is 3.65. The Morgan fingerprint density at radius 3 is 2.21 bits per heavy atom. The van der Waals surface area contributed by atoms with Gasteiger partial charge in [0.25, 0.3) is 0 Å². The molecule has 3 rings (SSSR count). The van der Waals surface area contributed by atoms with E-state index in [1.807, 2.05) is 0 Å². The summed E-state index contributed by atoms with van der Waals surface area (Å²) in [4.78, 5) is 0. The molecule has 1 nitrogen and oxygen atoms in total. The molecule has 0 heterocycles. The van der Waals surface area contributed by atoms with Gasteiger partial charge in [0.05, 0.1) is 0 Å². The van der Waals surface area contributed by atoms with Gasteiger partial charge in [-0.1, -0.05) is 49.6 Å². The molecule has 1 N–H and O–H groups in total. The molecule has 2 saturated carbocycles. The maximum absolute atomic E-state index is 3.96. The molecule has 0 amide bonds. The molecule has 0 saturated heterocycles. The van der Waals surface area contributed by atoms with Crippen molar-refractivity contribution in [2.75, 3.05) is 0 Å². The minimum atomic E-state index is 0.595. The first-order valence-corrected chi connectivity index (χ1v) is 8.15. The van der Waals surface area contributed by atoms with Gasteiger partial charge in [0.1, 0.15) is 0 Å². The van der Waals surface area contributed by atoms with E-state index in [-0.39, 0.29) is 0 Å². The van der Waals surface area contributed by atoms with Crippen molar-refractivity contribution in [3.05, 3.63) is 35.9 Å². The van der Waals surface area contributed by atoms with Crippen LogP contribution in [-0.4, -0.2) is 6.04 Å². The Morgan fingerprint density at radius 1 is 0.895 bits per heavy atom. The molecule has 19 heavy (non-hydrogen) atoms. The molecule has 0 bridgehead atoms. The number of hydrogen-bond acceptors (Lipinski definition) is 1. The number of benzene rings is 1. The average Bonchev–Trinajstić information content (AvgIpc) is 3.31. The van der Waals surface area contributed by atoms with E-state index in [1.165, 1.54) is 50.5 Å². The number of hydrogen-bond donors (Lipinski definition) is 1. The third kappa shape index (κ3) is 3.39. The van der Waals surface area contributed by atoms with E-state index in [0.29, 0.717) is 12.1 Å². The van der Waals surface area contributed by atoms with Gasteiger partial charge in [0.15, 0.2) is 0 Å². The predicted octanol–water partition coefficient (Wildman–Crippen LogP) is 4.70. The minimum Gasteiger partial charge on any atom is -0.307 e. The Bertz CT molecular complexity index is 376. The molecule has 1 aromatic rings. The molecule has 1 heteroatoms. The quantitative estimate of drug-likeness (QED) is 0.806. The van der Waals surface area contributed by atoms with Gasteiger partial charge in [-0.2, -0.15) is 0 Å². The summed E-state index contributed by atoms with van der Waals surface area (Å²) in [5, 5.41) is 3.96. The first kappa shape index (κ1) is 13.2. The monoisotopic (exact) mass is 257 g/mol. The molecular weight excluding hydrogens is 230 g/mol. The van der Waals surface area contributed by atoms with Gasteiger partial charge in [-0.15, -0.1) is 0 Å². The fraction of sp³-hybridized carbons (Fsp3) is 0.667. The first-order valence-electron chi connectivity index (χ1n) is 8.15. The molecule has 104 valence electrons. The standard InChI is InChI=1S/C18H27N/c1-14(15-8-4-2-5-9-15)19-18(17-12-13-17)16-10-6-3-7-11-16/h3,6-7,10-11,14-15,17-19H,2,4-5,8-9,12-13H2,1H3/t14-,18?/m0/s1. The molecule has 2 aliphatic carbocycles. The van der Waals surface area contributed by atoms with Gasteiger partial charge in [-0.3, -0.25) is 0 Å². The normalized spacial score (nSPS) is 24.1. The van der Waals surface area contributed by atoms with Crippen molar-refractivity contribution in [3.63, 3.8) is 0 Å². The average molecular weight is 257 g/mol. The molecule has 0 spiro atoms. The van der Waals surface area contributed by atoms with E-state index in [9.17, 15) is 0 Å². The van der Waals surface area contributed by atoms with Crippen LogP contribution in [0.5, 0.6) is 0 Å². The van der Waals surface area contributed by atoms with Crippen LogP contribution in [0.2, 0.25) is 0 Å². The van der Waals surface area contributed by atoms with Gasteiger partial charge in [0.2, 0.25) is 0 Å². The SMILES string of the molecule is C[C@H](NC(c1ccccc1)C1CC1)C1CCCCC1. The van der Waals surface area contributed by atoms with Gasteiger partial charge < -0.3 is 5.32 Å². The Balaban J connectivity index is 1.64. The van der Waals surface area contributed by atoms with Crippen LogP contribution < -0.4 is 5.32 Å². The highest BCUT2D eigenvalue weighted by molar-refractivity contribution is 5.21. The molecule has 1 unspecified atom stereocenters. The predicted molar refractivity (Wildman–Crippen MR) is 81.1 cm³/mol. The Labute approximate surface area is 117 Å². The smallest absolute Gasteiger partial charge is 0.0351 e. The van der Waals surface area contributed by atoms with Gasteiger partial charge in [-0.05, 0) is 50.0 Å². The van der Waals surface area contributed by atoms with Crippen LogP contribution in [0.3, 0.4) is 0 Å². The van der Waals surface area contributed by atoms with Crippen molar-refractivity contribution in [1.29, 1.82) is 0 Å². The van der Waals surface area contributed by atoms with E-state index in [0.717, 1.165) is 11.8 Å². The van der Waals surface area contributed by atoms with E-state index < -0.39 is 0 Å². The second-order valence-electron chi connectivity index (χ2n) is 6.58.